The molecular formula is C20H17N3. The molecule has 0 aliphatic carbocycles. The average molecular weight is 299 g/mol. The Morgan fingerprint density at radius 3 is 1.87 bits per heavy atom. The normalized spacial score (nSPS) is 11.0. The van der Waals surface area contributed by atoms with Crippen molar-refractivity contribution in [1.82, 2.24) is 9.97 Å². The lowest BCUT2D eigenvalue weighted by atomic mass is 9.99. The molecule has 112 valence electrons. The second kappa shape index (κ2) is 5.97. The fourth-order valence-electron chi connectivity index (χ4n) is 2.81. The van der Waals surface area contributed by atoms with Crippen LogP contribution >= 0.6 is 0 Å². The van der Waals surface area contributed by atoms with E-state index in [4.69, 9.17) is 0 Å². The third kappa shape index (κ3) is 2.81. The second-order valence-corrected chi connectivity index (χ2v) is 5.50. The van der Waals surface area contributed by atoms with E-state index in [1.54, 1.807) is 0 Å². The molecule has 1 heterocycles. The van der Waals surface area contributed by atoms with E-state index in [-0.39, 0.29) is 6.04 Å². The minimum absolute atomic E-state index is 0.0537. The average Bonchev–Trinajstić information content (AvgIpc) is 3.04. The Balaban J connectivity index is 1.73. The summed E-state index contributed by atoms with van der Waals surface area (Å²) in [6, 6.07) is 29.0. The molecule has 4 aromatic rings. The van der Waals surface area contributed by atoms with Crippen molar-refractivity contribution < 1.29 is 0 Å². The first-order valence-corrected chi connectivity index (χ1v) is 7.71. The number of para-hydroxylation sites is 2. The van der Waals surface area contributed by atoms with Gasteiger partial charge in [-0.3, -0.25) is 0 Å². The third-order valence-corrected chi connectivity index (χ3v) is 3.94. The standard InChI is InChI=1S/C20H17N3/c1-3-9-15(10-4-1)19(16-11-5-2-6-12-16)23-20-21-17-13-7-8-14-18(17)22-20/h1-14,19H,(H2,21,22,23). The molecule has 1 aromatic heterocycles. The number of aromatic nitrogens is 2. The predicted molar refractivity (Wildman–Crippen MR) is 94.4 cm³/mol. The number of nitrogens with zero attached hydrogens (tertiary/aromatic N) is 1. The van der Waals surface area contributed by atoms with Crippen LogP contribution in [0, 0.1) is 0 Å². The number of benzene rings is 3. The zero-order chi connectivity index (χ0) is 15.5. The van der Waals surface area contributed by atoms with Crippen molar-refractivity contribution in [2.45, 2.75) is 6.04 Å². The fraction of sp³-hybridized carbons (Fsp3) is 0.0500. The number of hydrogen-bond acceptors (Lipinski definition) is 2. The van der Waals surface area contributed by atoms with E-state index >= 15 is 0 Å². The molecule has 0 fully saturated rings. The van der Waals surface area contributed by atoms with Crippen molar-refractivity contribution in [3.8, 4) is 0 Å². The minimum atomic E-state index is 0.0537. The summed E-state index contributed by atoms with van der Waals surface area (Å²) in [6.07, 6.45) is 0. The highest BCUT2D eigenvalue weighted by molar-refractivity contribution is 5.77. The highest BCUT2D eigenvalue weighted by Gasteiger charge is 2.15. The van der Waals surface area contributed by atoms with E-state index in [1.165, 1.54) is 11.1 Å². The van der Waals surface area contributed by atoms with Gasteiger partial charge in [0.15, 0.2) is 0 Å². The van der Waals surface area contributed by atoms with E-state index in [1.807, 2.05) is 36.4 Å². The van der Waals surface area contributed by atoms with E-state index < -0.39 is 0 Å². The monoisotopic (exact) mass is 299 g/mol. The molecule has 0 aliphatic rings. The largest absolute Gasteiger partial charge is 0.345 e. The van der Waals surface area contributed by atoms with Gasteiger partial charge < -0.3 is 10.3 Å². The molecule has 0 saturated carbocycles. The lowest BCUT2D eigenvalue weighted by molar-refractivity contribution is 0.920. The number of nitrogens with one attached hydrogen (secondary N) is 2. The molecule has 0 atom stereocenters. The van der Waals surface area contributed by atoms with Gasteiger partial charge in [0.25, 0.3) is 0 Å². The van der Waals surface area contributed by atoms with Gasteiger partial charge in [-0.25, -0.2) is 4.98 Å². The maximum atomic E-state index is 4.64. The lowest BCUT2D eigenvalue weighted by Crippen LogP contribution is -2.13. The Labute approximate surface area is 135 Å². The molecule has 0 saturated heterocycles. The van der Waals surface area contributed by atoms with Gasteiger partial charge in [0.2, 0.25) is 5.95 Å². The van der Waals surface area contributed by atoms with Gasteiger partial charge in [0.1, 0.15) is 0 Å². The van der Waals surface area contributed by atoms with Crippen LogP contribution in [0.25, 0.3) is 11.0 Å². The number of rotatable bonds is 4. The summed E-state index contributed by atoms with van der Waals surface area (Å²) < 4.78 is 0. The van der Waals surface area contributed by atoms with Crippen LogP contribution in [0.15, 0.2) is 84.9 Å². The Hall–Kier alpha value is -3.07. The van der Waals surface area contributed by atoms with Crippen molar-refractivity contribution in [2.24, 2.45) is 0 Å². The summed E-state index contributed by atoms with van der Waals surface area (Å²) in [5.74, 6) is 0.781. The summed E-state index contributed by atoms with van der Waals surface area (Å²) in [5, 5.41) is 3.53. The first kappa shape index (κ1) is 13.6. The number of fused-ring (bicyclic) bond motifs is 1. The summed E-state index contributed by atoms with van der Waals surface area (Å²) in [5.41, 5.74) is 4.42. The van der Waals surface area contributed by atoms with Crippen LogP contribution in [0.5, 0.6) is 0 Å². The van der Waals surface area contributed by atoms with Crippen molar-refractivity contribution >= 4 is 17.0 Å². The van der Waals surface area contributed by atoms with Crippen LogP contribution in [0.1, 0.15) is 17.2 Å². The topological polar surface area (TPSA) is 40.7 Å². The molecule has 23 heavy (non-hydrogen) atoms. The van der Waals surface area contributed by atoms with Gasteiger partial charge in [-0.2, -0.15) is 0 Å². The smallest absolute Gasteiger partial charge is 0.201 e. The van der Waals surface area contributed by atoms with Crippen LogP contribution in [-0.4, -0.2) is 9.97 Å². The van der Waals surface area contributed by atoms with E-state index in [2.05, 4.69) is 63.8 Å². The molecule has 0 radical (unpaired) electrons. The first-order chi connectivity index (χ1) is 11.4. The number of hydrogen-bond donors (Lipinski definition) is 2. The van der Waals surface area contributed by atoms with Crippen LogP contribution in [0.4, 0.5) is 5.95 Å². The zero-order valence-corrected chi connectivity index (χ0v) is 12.6. The van der Waals surface area contributed by atoms with E-state index in [9.17, 15) is 0 Å². The van der Waals surface area contributed by atoms with Gasteiger partial charge in [0.05, 0.1) is 17.1 Å². The SMILES string of the molecule is c1ccc(C(Nc2nc3ccccc3[nH]2)c2ccccc2)cc1. The molecule has 4 rings (SSSR count). The van der Waals surface area contributed by atoms with Gasteiger partial charge in [0, 0.05) is 0 Å². The summed E-state index contributed by atoms with van der Waals surface area (Å²) in [4.78, 5) is 7.98. The molecule has 3 aromatic carbocycles. The number of H-pyrrole nitrogens is 1. The first-order valence-electron chi connectivity index (χ1n) is 7.71. The molecule has 3 heteroatoms. The highest BCUT2D eigenvalue weighted by atomic mass is 15.1. The molecule has 0 aliphatic heterocycles. The quantitative estimate of drug-likeness (QED) is 0.570. The second-order valence-electron chi connectivity index (χ2n) is 5.50. The van der Waals surface area contributed by atoms with Crippen LogP contribution < -0.4 is 5.32 Å². The summed E-state index contributed by atoms with van der Waals surface area (Å²) >= 11 is 0. The van der Waals surface area contributed by atoms with Crippen molar-refractivity contribution in [2.75, 3.05) is 5.32 Å². The summed E-state index contributed by atoms with van der Waals surface area (Å²) in [6.45, 7) is 0. The Morgan fingerprint density at radius 1 is 0.696 bits per heavy atom. The van der Waals surface area contributed by atoms with Crippen molar-refractivity contribution in [1.29, 1.82) is 0 Å². The predicted octanol–water partition coefficient (Wildman–Crippen LogP) is 4.76. The van der Waals surface area contributed by atoms with Gasteiger partial charge in [-0.1, -0.05) is 72.8 Å². The number of imidazole rings is 1. The fourth-order valence-corrected chi connectivity index (χ4v) is 2.81. The van der Waals surface area contributed by atoms with E-state index in [0.717, 1.165) is 17.0 Å². The zero-order valence-electron chi connectivity index (χ0n) is 12.6. The number of anilines is 1. The summed E-state index contributed by atoms with van der Waals surface area (Å²) in [7, 11) is 0. The Morgan fingerprint density at radius 2 is 1.26 bits per heavy atom. The Kier molecular flexibility index (Phi) is 3.53. The minimum Gasteiger partial charge on any atom is -0.345 e. The third-order valence-electron chi connectivity index (χ3n) is 3.94. The Bertz CT molecular complexity index is 825. The van der Waals surface area contributed by atoms with Crippen molar-refractivity contribution in [3.05, 3.63) is 96.1 Å². The number of aromatic amines is 1. The lowest BCUT2D eigenvalue weighted by Gasteiger charge is -2.19. The molecular weight excluding hydrogens is 282 g/mol. The maximum absolute atomic E-state index is 4.64. The van der Waals surface area contributed by atoms with Gasteiger partial charge >= 0.3 is 0 Å². The van der Waals surface area contributed by atoms with Crippen molar-refractivity contribution in [3.63, 3.8) is 0 Å². The molecule has 0 unspecified atom stereocenters. The van der Waals surface area contributed by atoms with E-state index in [0.29, 0.717) is 0 Å². The van der Waals surface area contributed by atoms with Crippen LogP contribution in [0.2, 0.25) is 0 Å². The van der Waals surface area contributed by atoms with Gasteiger partial charge in [-0.05, 0) is 23.3 Å². The molecule has 0 spiro atoms. The molecule has 0 amide bonds. The molecule has 3 nitrogen and oxygen atoms in total. The molecule has 0 bridgehead atoms. The highest BCUT2D eigenvalue weighted by Crippen LogP contribution is 2.26. The van der Waals surface area contributed by atoms with Crippen LogP contribution in [-0.2, 0) is 0 Å². The maximum Gasteiger partial charge on any atom is 0.201 e. The van der Waals surface area contributed by atoms with Gasteiger partial charge in [-0.15, -0.1) is 0 Å². The molecule has 2 N–H and O–H groups in total. The van der Waals surface area contributed by atoms with Crippen LogP contribution in [0.3, 0.4) is 0 Å².